The minimum Gasteiger partial charge on any atom is -0.385 e. The van der Waals surface area contributed by atoms with Crippen LogP contribution in [0.3, 0.4) is 0 Å². The third-order valence-electron chi connectivity index (χ3n) is 2.72. The first-order valence-corrected chi connectivity index (χ1v) is 5.45. The Bertz CT molecular complexity index is 497. The zero-order chi connectivity index (χ0) is 12.3. The van der Waals surface area contributed by atoms with Gasteiger partial charge in [-0.15, -0.1) is 0 Å². The van der Waals surface area contributed by atoms with Gasteiger partial charge in [-0.1, -0.05) is 30.3 Å². The molecule has 0 saturated carbocycles. The molecule has 0 aliphatic carbocycles. The van der Waals surface area contributed by atoms with Crippen LogP contribution in [0.15, 0.2) is 48.8 Å². The third kappa shape index (κ3) is 2.88. The smallest absolute Gasteiger partial charge is 0.141 e. The number of pyridine rings is 1. The Labute approximate surface area is 99.8 Å². The van der Waals surface area contributed by atoms with Crippen molar-refractivity contribution < 1.29 is 9.50 Å². The first kappa shape index (κ1) is 11.7. The summed E-state index contributed by atoms with van der Waals surface area (Å²) in [5.74, 6) is -0.434. The van der Waals surface area contributed by atoms with Gasteiger partial charge in [0.15, 0.2) is 0 Å². The molecule has 2 aromatic rings. The van der Waals surface area contributed by atoms with Gasteiger partial charge in [0.1, 0.15) is 5.82 Å². The Morgan fingerprint density at radius 1 is 1.24 bits per heavy atom. The normalized spacial score (nSPS) is 14.3. The van der Waals surface area contributed by atoms with Gasteiger partial charge in [-0.25, -0.2) is 4.39 Å². The predicted octanol–water partition coefficient (Wildman–Crippen LogP) is 2.67. The van der Waals surface area contributed by atoms with Crippen molar-refractivity contribution in [3.63, 3.8) is 0 Å². The Morgan fingerprint density at radius 3 is 2.59 bits per heavy atom. The lowest BCUT2D eigenvalue weighted by Gasteiger charge is -2.23. The van der Waals surface area contributed by atoms with Crippen molar-refractivity contribution in [3.05, 3.63) is 65.7 Å². The number of nitrogens with zero attached hydrogens (tertiary/aromatic N) is 1. The lowest BCUT2D eigenvalue weighted by Crippen LogP contribution is -2.24. The van der Waals surface area contributed by atoms with Gasteiger partial charge >= 0.3 is 0 Å². The summed E-state index contributed by atoms with van der Waals surface area (Å²) in [5, 5.41) is 10.4. The Kier molecular flexibility index (Phi) is 3.20. The lowest BCUT2D eigenvalue weighted by molar-refractivity contribution is 0.0569. The molecule has 0 spiro atoms. The van der Waals surface area contributed by atoms with Crippen LogP contribution in [0.2, 0.25) is 0 Å². The van der Waals surface area contributed by atoms with E-state index in [2.05, 4.69) is 4.98 Å². The molecule has 2 rings (SSSR count). The molecule has 0 aliphatic rings. The molecular formula is C14H14FNO. The molecule has 1 heterocycles. The van der Waals surface area contributed by atoms with Gasteiger partial charge in [-0.3, -0.25) is 4.98 Å². The van der Waals surface area contributed by atoms with Gasteiger partial charge in [0.2, 0.25) is 0 Å². The fourth-order valence-corrected chi connectivity index (χ4v) is 1.80. The van der Waals surface area contributed by atoms with Crippen LogP contribution in [0.25, 0.3) is 0 Å². The van der Waals surface area contributed by atoms with Crippen molar-refractivity contribution in [2.45, 2.75) is 18.9 Å². The summed E-state index contributed by atoms with van der Waals surface area (Å²) in [4.78, 5) is 3.76. The van der Waals surface area contributed by atoms with Crippen molar-refractivity contribution in [1.82, 2.24) is 4.98 Å². The average Bonchev–Trinajstić information content (AvgIpc) is 2.30. The van der Waals surface area contributed by atoms with E-state index >= 15 is 0 Å². The highest BCUT2D eigenvalue weighted by Crippen LogP contribution is 2.24. The maximum Gasteiger partial charge on any atom is 0.141 e. The summed E-state index contributed by atoms with van der Waals surface area (Å²) in [7, 11) is 0. The van der Waals surface area contributed by atoms with Gasteiger partial charge in [0, 0.05) is 18.2 Å². The van der Waals surface area contributed by atoms with Gasteiger partial charge in [-0.2, -0.15) is 0 Å². The zero-order valence-corrected chi connectivity index (χ0v) is 9.60. The quantitative estimate of drug-likeness (QED) is 0.881. The zero-order valence-electron chi connectivity index (χ0n) is 9.60. The molecule has 0 saturated heterocycles. The predicted molar refractivity (Wildman–Crippen MR) is 63.9 cm³/mol. The summed E-state index contributed by atoms with van der Waals surface area (Å²) < 4.78 is 13.1. The van der Waals surface area contributed by atoms with Crippen LogP contribution in [0.5, 0.6) is 0 Å². The SMILES string of the molecule is CC(O)(Cc1ccccc1)c1cncc(F)c1. The van der Waals surface area contributed by atoms with E-state index in [4.69, 9.17) is 0 Å². The first-order chi connectivity index (χ1) is 8.08. The van der Waals surface area contributed by atoms with E-state index in [0.29, 0.717) is 12.0 Å². The van der Waals surface area contributed by atoms with E-state index in [1.54, 1.807) is 6.92 Å². The molecule has 0 fully saturated rings. The van der Waals surface area contributed by atoms with Crippen molar-refractivity contribution in [2.75, 3.05) is 0 Å². The van der Waals surface area contributed by atoms with E-state index in [1.807, 2.05) is 30.3 Å². The molecule has 1 N–H and O–H groups in total. The van der Waals surface area contributed by atoms with E-state index in [9.17, 15) is 9.50 Å². The molecule has 1 atom stereocenters. The highest BCUT2D eigenvalue weighted by atomic mass is 19.1. The average molecular weight is 231 g/mol. The monoisotopic (exact) mass is 231 g/mol. The molecule has 1 aromatic heterocycles. The second kappa shape index (κ2) is 4.63. The maximum absolute atomic E-state index is 13.1. The fraction of sp³-hybridized carbons (Fsp3) is 0.214. The minimum absolute atomic E-state index is 0.430. The first-order valence-electron chi connectivity index (χ1n) is 5.45. The van der Waals surface area contributed by atoms with Crippen LogP contribution >= 0.6 is 0 Å². The molecule has 3 heteroatoms. The summed E-state index contributed by atoms with van der Waals surface area (Å²) in [6.45, 7) is 1.66. The van der Waals surface area contributed by atoms with E-state index in [0.717, 1.165) is 11.8 Å². The summed E-state index contributed by atoms with van der Waals surface area (Å²) in [6, 6.07) is 10.9. The molecule has 0 bridgehead atoms. The molecule has 0 aliphatic heterocycles. The third-order valence-corrected chi connectivity index (χ3v) is 2.72. The number of rotatable bonds is 3. The standard InChI is InChI=1S/C14H14FNO/c1-14(17,8-11-5-3-2-4-6-11)12-7-13(15)10-16-9-12/h2-7,9-10,17H,8H2,1H3. The van der Waals surface area contributed by atoms with Crippen molar-refractivity contribution >= 4 is 0 Å². The molecule has 2 nitrogen and oxygen atoms in total. The summed E-state index contributed by atoms with van der Waals surface area (Å²) in [5.41, 5.74) is 0.374. The fourth-order valence-electron chi connectivity index (χ4n) is 1.80. The van der Waals surface area contributed by atoms with Gasteiger partial charge in [0.25, 0.3) is 0 Å². The topological polar surface area (TPSA) is 33.1 Å². The molecule has 0 amide bonds. The highest BCUT2D eigenvalue weighted by molar-refractivity contribution is 5.24. The Hall–Kier alpha value is -1.74. The number of halogens is 1. The molecule has 1 aromatic carbocycles. The van der Waals surface area contributed by atoms with Gasteiger partial charge in [-0.05, 0) is 18.6 Å². The van der Waals surface area contributed by atoms with Gasteiger partial charge < -0.3 is 5.11 Å². The van der Waals surface area contributed by atoms with Crippen LogP contribution in [0.4, 0.5) is 4.39 Å². The van der Waals surface area contributed by atoms with Crippen LogP contribution in [0.1, 0.15) is 18.1 Å². The Balaban J connectivity index is 2.25. The van der Waals surface area contributed by atoms with Crippen molar-refractivity contribution in [3.8, 4) is 0 Å². The van der Waals surface area contributed by atoms with Crippen LogP contribution in [0, 0.1) is 5.82 Å². The van der Waals surface area contributed by atoms with Crippen LogP contribution in [-0.4, -0.2) is 10.1 Å². The van der Waals surface area contributed by atoms with Crippen molar-refractivity contribution in [1.29, 1.82) is 0 Å². The number of benzene rings is 1. The number of hydrogen-bond donors (Lipinski definition) is 1. The van der Waals surface area contributed by atoms with Gasteiger partial charge in [0.05, 0.1) is 11.8 Å². The number of hydrogen-bond acceptors (Lipinski definition) is 2. The second-order valence-electron chi connectivity index (χ2n) is 4.33. The maximum atomic E-state index is 13.1. The van der Waals surface area contributed by atoms with E-state index in [-0.39, 0.29) is 0 Å². The largest absolute Gasteiger partial charge is 0.385 e. The van der Waals surface area contributed by atoms with Crippen molar-refractivity contribution in [2.24, 2.45) is 0 Å². The minimum atomic E-state index is -1.11. The molecule has 0 radical (unpaired) electrons. The lowest BCUT2D eigenvalue weighted by atomic mass is 9.90. The molecule has 1 unspecified atom stereocenters. The second-order valence-corrected chi connectivity index (χ2v) is 4.33. The molecular weight excluding hydrogens is 217 g/mol. The van der Waals surface area contributed by atoms with E-state index in [1.165, 1.54) is 12.3 Å². The van der Waals surface area contributed by atoms with Crippen LogP contribution in [-0.2, 0) is 12.0 Å². The van der Waals surface area contributed by atoms with Crippen LogP contribution < -0.4 is 0 Å². The Morgan fingerprint density at radius 2 is 1.94 bits per heavy atom. The summed E-state index contributed by atoms with van der Waals surface area (Å²) in [6.07, 6.45) is 3.05. The molecule has 88 valence electrons. The molecule has 17 heavy (non-hydrogen) atoms. The van der Waals surface area contributed by atoms with E-state index < -0.39 is 11.4 Å². The number of aliphatic hydroxyl groups is 1. The number of aromatic nitrogens is 1. The highest BCUT2D eigenvalue weighted by Gasteiger charge is 2.24. The summed E-state index contributed by atoms with van der Waals surface area (Å²) >= 11 is 0.